The molecular formula is C28H28FN3O6. The number of H-pyrrole nitrogens is 1. The Hall–Kier alpha value is -4.15. The Kier molecular flexibility index (Phi) is 7.43. The molecule has 38 heavy (non-hydrogen) atoms. The number of nitrogens with one attached hydrogen (secondary N) is 2. The van der Waals surface area contributed by atoms with Crippen LogP contribution in [0.25, 0.3) is 11.0 Å². The molecule has 5 rings (SSSR count). The summed E-state index contributed by atoms with van der Waals surface area (Å²) in [5.41, 5.74) is 1.81. The molecule has 0 amide bonds. The largest absolute Gasteiger partial charge is 0.496 e. The number of para-hydroxylation sites is 1. The Morgan fingerprint density at radius 2 is 1.95 bits per heavy atom. The van der Waals surface area contributed by atoms with Crippen LogP contribution in [0.1, 0.15) is 28.8 Å². The van der Waals surface area contributed by atoms with E-state index in [-0.39, 0.29) is 36.0 Å². The highest BCUT2D eigenvalue weighted by atomic mass is 19.1. The fourth-order valence-corrected chi connectivity index (χ4v) is 4.55. The van der Waals surface area contributed by atoms with Crippen molar-refractivity contribution in [3.63, 3.8) is 0 Å². The molecule has 2 aromatic heterocycles. The number of aliphatic hydroxyl groups excluding tert-OH is 1. The predicted molar refractivity (Wildman–Crippen MR) is 139 cm³/mol. The van der Waals surface area contributed by atoms with E-state index in [1.807, 2.05) is 0 Å². The third-order valence-electron chi connectivity index (χ3n) is 6.54. The summed E-state index contributed by atoms with van der Waals surface area (Å²) in [7, 11) is 2.99. The van der Waals surface area contributed by atoms with Gasteiger partial charge in [0.1, 0.15) is 17.1 Å². The van der Waals surface area contributed by atoms with Crippen LogP contribution < -0.4 is 19.5 Å². The zero-order valence-electron chi connectivity index (χ0n) is 21.0. The van der Waals surface area contributed by atoms with Gasteiger partial charge in [0.05, 0.1) is 61.9 Å². The van der Waals surface area contributed by atoms with Crippen molar-refractivity contribution in [3.05, 3.63) is 71.8 Å². The van der Waals surface area contributed by atoms with Gasteiger partial charge in [-0.05, 0) is 37.1 Å². The predicted octanol–water partition coefficient (Wildman–Crippen LogP) is 4.69. The summed E-state index contributed by atoms with van der Waals surface area (Å²) < 4.78 is 36.5. The number of aromatic amines is 1. The van der Waals surface area contributed by atoms with E-state index in [4.69, 9.17) is 18.9 Å². The maximum Gasteiger partial charge on any atom is 0.199 e. The number of ether oxygens (including phenoxy) is 4. The number of hydrogen-bond acceptors (Lipinski definition) is 8. The van der Waals surface area contributed by atoms with E-state index in [0.29, 0.717) is 52.4 Å². The lowest BCUT2D eigenvalue weighted by molar-refractivity contribution is -0.0223. The van der Waals surface area contributed by atoms with Crippen LogP contribution in [0.15, 0.2) is 54.9 Å². The number of aliphatic hydroxyl groups is 1. The first-order chi connectivity index (χ1) is 18.5. The summed E-state index contributed by atoms with van der Waals surface area (Å²) in [6, 6.07) is 10.7. The van der Waals surface area contributed by atoms with Gasteiger partial charge in [-0.1, -0.05) is 12.1 Å². The van der Waals surface area contributed by atoms with Crippen LogP contribution in [0.3, 0.4) is 0 Å². The number of pyridine rings is 1. The number of carbonyl (C=O) groups excluding carboxylic acids is 1. The molecule has 0 aliphatic carbocycles. The molecule has 0 bridgehead atoms. The minimum atomic E-state index is -0.498. The number of rotatable bonds is 9. The van der Waals surface area contributed by atoms with Gasteiger partial charge in [0.25, 0.3) is 0 Å². The van der Waals surface area contributed by atoms with Gasteiger partial charge in [-0.3, -0.25) is 4.79 Å². The van der Waals surface area contributed by atoms with Crippen molar-refractivity contribution in [2.24, 2.45) is 0 Å². The third kappa shape index (κ3) is 5.00. The first-order valence-corrected chi connectivity index (χ1v) is 12.2. The highest BCUT2D eigenvalue weighted by Gasteiger charge is 2.26. The van der Waals surface area contributed by atoms with Gasteiger partial charge >= 0.3 is 0 Å². The molecule has 0 spiro atoms. The van der Waals surface area contributed by atoms with Crippen LogP contribution in [0.5, 0.6) is 23.0 Å². The molecule has 3 heterocycles. The standard InChI is InChI=1S/C28H28FN3O6/c1-35-23-11-17(38-22-6-4-3-5-21(22)29)9-10-19(23)27(34)20-12-30-28-25(20)26(24(36-2)13-31-28)32-16-7-8-18(14-33)37-15-16/h3-6,9-13,16,18,33H,7-8,14-15H2,1-2H3,(H2,30,31,32)/t16-,18+/m1/s1. The molecule has 2 aromatic carbocycles. The van der Waals surface area contributed by atoms with Crippen LogP contribution in [-0.2, 0) is 4.74 Å². The molecule has 0 unspecified atom stereocenters. The summed E-state index contributed by atoms with van der Waals surface area (Å²) >= 11 is 0. The summed E-state index contributed by atoms with van der Waals surface area (Å²) in [6.07, 6.45) is 4.51. The number of nitrogens with zero attached hydrogens (tertiary/aromatic N) is 1. The minimum Gasteiger partial charge on any atom is -0.496 e. The van der Waals surface area contributed by atoms with Gasteiger partial charge in [-0.2, -0.15) is 0 Å². The molecule has 1 aliphatic rings. The molecule has 198 valence electrons. The number of anilines is 1. The molecule has 9 nitrogen and oxygen atoms in total. The van der Waals surface area contributed by atoms with Gasteiger partial charge in [-0.15, -0.1) is 0 Å². The fraction of sp³-hybridized carbons (Fsp3) is 0.286. The number of hydrogen-bond donors (Lipinski definition) is 3. The Morgan fingerprint density at radius 1 is 1.13 bits per heavy atom. The quantitative estimate of drug-likeness (QED) is 0.272. The summed E-state index contributed by atoms with van der Waals surface area (Å²) in [6.45, 7) is 0.390. The number of fused-ring (bicyclic) bond motifs is 1. The molecule has 3 N–H and O–H groups in total. The zero-order valence-corrected chi connectivity index (χ0v) is 21.0. The number of methoxy groups -OCH3 is 2. The minimum absolute atomic E-state index is 0.0159. The topological polar surface area (TPSA) is 115 Å². The van der Waals surface area contributed by atoms with Crippen molar-refractivity contribution in [1.29, 1.82) is 0 Å². The van der Waals surface area contributed by atoms with Gasteiger partial charge in [-0.25, -0.2) is 9.37 Å². The maximum absolute atomic E-state index is 14.0. The average molecular weight is 522 g/mol. The SMILES string of the molecule is COc1cc(Oc2ccccc2F)ccc1C(=O)c1c[nH]c2ncc(OC)c(N[C@@H]3CC[C@@H](CO)OC3)c12. The van der Waals surface area contributed by atoms with Crippen LogP contribution in [0.4, 0.5) is 10.1 Å². The summed E-state index contributed by atoms with van der Waals surface area (Å²) in [5, 5.41) is 13.4. The Labute approximate surface area is 218 Å². The van der Waals surface area contributed by atoms with Crippen molar-refractivity contribution in [2.45, 2.75) is 25.0 Å². The van der Waals surface area contributed by atoms with Crippen LogP contribution in [0.2, 0.25) is 0 Å². The number of halogens is 1. The van der Waals surface area contributed by atoms with Gasteiger partial charge in [0.15, 0.2) is 23.1 Å². The van der Waals surface area contributed by atoms with E-state index in [2.05, 4.69) is 15.3 Å². The monoisotopic (exact) mass is 521 g/mol. The second-order valence-corrected chi connectivity index (χ2v) is 8.91. The lowest BCUT2D eigenvalue weighted by Gasteiger charge is -2.29. The van der Waals surface area contributed by atoms with E-state index in [0.717, 1.165) is 6.42 Å². The van der Waals surface area contributed by atoms with Crippen molar-refractivity contribution in [2.75, 3.05) is 32.8 Å². The molecule has 0 saturated carbocycles. The highest BCUT2D eigenvalue weighted by molar-refractivity contribution is 6.20. The zero-order chi connectivity index (χ0) is 26.6. The normalized spacial score (nSPS) is 17.3. The molecule has 1 fully saturated rings. The molecule has 0 radical (unpaired) electrons. The third-order valence-corrected chi connectivity index (χ3v) is 6.54. The number of benzene rings is 2. The highest BCUT2D eigenvalue weighted by Crippen LogP contribution is 2.38. The first-order valence-electron chi connectivity index (χ1n) is 12.2. The second kappa shape index (κ2) is 11.1. The van der Waals surface area contributed by atoms with Gasteiger partial charge < -0.3 is 34.4 Å². The first kappa shape index (κ1) is 25.5. The van der Waals surface area contributed by atoms with E-state index < -0.39 is 5.82 Å². The van der Waals surface area contributed by atoms with Crippen LogP contribution in [0, 0.1) is 5.82 Å². The number of carbonyl (C=O) groups is 1. The van der Waals surface area contributed by atoms with E-state index in [1.165, 1.54) is 19.2 Å². The lowest BCUT2D eigenvalue weighted by Crippen LogP contribution is -2.36. The smallest absolute Gasteiger partial charge is 0.199 e. The summed E-state index contributed by atoms with van der Waals surface area (Å²) in [5.74, 6) is 0.351. The maximum atomic E-state index is 14.0. The van der Waals surface area contributed by atoms with Crippen molar-refractivity contribution < 1.29 is 33.2 Å². The van der Waals surface area contributed by atoms with Crippen molar-refractivity contribution in [1.82, 2.24) is 9.97 Å². The van der Waals surface area contributed by atoms with Crippen LogP contribution >= 0.6 is 0 Å². The Balaban J connectivity index is 1.48. The number of ketones is 1. The Morgan fingerprint density at radius 3 is 2.66 bits per heavy atom. The molecular weight excluding hydrogens is 493 g/mol. The van der Waals surface area contributed by atoms with E-state index in [9.17, 15) is 14.3 Å². The summed E-state index contributed by atoms with van der Waals surface area (Å²) in [4.78, 5) is 21.3. The molecule has 1 aliphatic heterocycles. The lowest BCUT2D eigenvalue weighted by atomic mass is 10.0. The molecule has 2 atom stereocenters. The van der Waals surface area contributed by atoms with E-state index >= 15 is 0 Å². The average Bonchev–Trinajstić information content (AvgIpc) is 3.39. The Bertz CT molecular complexity index is 1450. The molecule has 1 saturated heterocycles. The van der Waals surface area contributed by atoms with Crippen molar-refractivity contribution >= 4 is 22.5 Å². The number of aromatic nitrogens is 2. The second-order valence-electron chi connectivity index (χ2n) is 8.91. The van der Waals surface area contributed by atoms with Gasteiger partial charge in [0.2, 0.25) is 0 Å². The van der Waals surface area contributed by atoms with Gasteiger partial charge in [0, 0.05) is 18.3 Å². The van der Waals surface area contributed by atoms with E-state index in [1.54, 1.807) is 49.8 Å². The van der Waals surface area contributed by atoms with Crippen LogP contribution in [-0.4, -0.2) is 60.4 Å². The van der Waals surface area contributed by atoms with Crippen molar-refractivity contribution in [3.8, 4) is 23.0 Å². The fourth-order valence-electron chi connectivity index (χ4n) is 4.55. The molecule has 10 heteroatoms. The molecule has 4 aromatic rings.